The number of ether oxygens (including phenoxy) is 1. The molecule has 1 N–H and O–H groups in total. The number of rotatable bonds is 6. The molecule has 3 aromatic rings. The van der Waals surface area contributed by atoms with Gasteiger partial charge in [-0.25, -0.2) is 8.78 Å². The lowest BCUT2D eigenvalue weighted by molar-refractivity contribution is -0.121. The molecule has 0 atom stereocenters. The van der Waals surface area contributed by atoms with Gasteiger partial charge in [-0.1, -0.05) is 5.16 Å². The van der Waals surface area contributed by atoms with E-state index in [1.54, 1.807) is 25.1 Å². The third-order valence-corrected chi connectivity index (χ3v) is 3.63. The molecule has 0 saturated carbocycles. The van der Waals surface area contributed by atoms with Crippen LogP contribution in [0.15, 0.2) is 53.1 Å². The Morgan fingerprint density at radius 3 is 2.58 bits per heavy atom. The van der Waals surface area contributed by atoms with Gasteiger partial charge in [-0.15, -0.1) is 0 Å². The summed E-state index contributed by atoms with van der Waals surface area (Å²) in [6.45, 7) is 1.60. The maximum atomic E-state index is 13.0. The molecular formula is C19H16F2N2O3. The molecule has 0 unspecified atom stereocenters. The van der Waals surface area contributed by atoms with Gasteiger partial charge in [-0.2, -0.15) is 0 Å². The van der Waals surface area contributed by atoms with E-state index >= 15 is 0 Å². The van der Waals surface area contributed by atoms with Gasteiger partial charge in [0.25, 0.3) is 0 Å². The van der Waals surface area contributed by atoms with E-state index in [9.17, 15) is 13.6 Å². The van der Waals surface area contributed by atoms with Crippen LogP contribution in [0.2, 0.25) is 0 Å². The van der Waals surface area contributed by atoms with Crippen molar-refractivity contribution in [1.29, 1.82) is 0 Å². The molecule has 3 rings (SSSR count). The summed E-state index contributed by atoms with van der Waals surface area (Å²) in [4.78, 5) is 11.9. The molecule has 0 spiro atoms. The van der Waals surface area contributed by atoms with Crippen LogP contribution < -0.4 is 5.32 Å². The second-order valence-electron chi connectivity index (χ2n) is 5.69. The number of anilines is 1. The molecule has 1 amide bonds. The number of aromatic nitrogens is 1. The summed E-state index contributed by atoms with van der Waals surface area (Å²) in [6, 6.07) is 11.6. The van der Waals surface area contributed by atoms with E-state index in [-0.39, 0.29) is 30.8 Å². The maximum Gasteiger partial charge on any atom is 0.250 e. The monoisotopic (exact) mass is 358 g/mol. The first-order chi connectivity index (χ1) is 12.5. The first-order valence-electron chi connectivity index (χ1n) is 7.86. The number of hydrogen-bond acceptors (Lipinski definition) is 4. The molecule has 134 valence electrons. The Kier molecular flexibility index (Phi) is 5.38. The summed E-state index contributed by atoms with van der Waals surface area (Å²) < 4.78 is 36.5. The second-order valence-corrected chi connectivity index (χ2v) is 5.69. The molecule has 2 aromatic carbocycles. The van der Waals surface area contributed by atoms with Crippen molar-refractivity contribution in [3.63, 3.8) is 0 Å². The lowest BCUT2D eigenvalue weighted by Crippen LogP contribution is -2.18. The fourth-order valence-electron chi connectivity index (χ4n) is 2.33. The van der Waals surface area contributed by atoms with Crippen molar-refractivity contribution in [2.45, 2.75) is 13.5 Å². The lowest BCUT2D eigenvalue weighted by Gasteiger charge is -2.08. The molecule has 5 nitrogen and oxygen atoms in total. The van der Waals surface area contributed by atoms with Crippen molar-refractivity contribution >= 4 is 11.6 Å². The predicted molar refractivity (Wildman–Crippen MR) is 91.3 cm³/mol. The molecule has 0 radical (unpaired) electrons. The van der Waals surface area contributed by atoms with Crippen LogP contribution in [0.5, 0.6) is 0 Å². The number of benzene rings is 2. The van der Waals surface area contributed by atoms with Gasteiger partial charge in [-0.3, -0.25) is 4.79 Å². The van der Waals surface area contributed by atoms with Crippen LogP contribution in [0.3, 0.4) is 0 Å². The molecule has 7 heteroatoms. The van der Waals surface area contributed by atoms with Crippen molar-refractivity contribution in [1.82, 2.24) is 5.16 Å². The Bertz CT molecular complexity index is 907. The first-order valence-corrected chi connectivity index (χ1v) is 7.86. The average molecular weight is 358 g/mol. The standard InChI is InChI=1S/C19H16F2N2O3/c1-12-8-15(21)6-7-17(12)22-19(24)11-25-10-16-9-18(26-23-16)13-2-4-14(20)5-3-13/h2-9H,10-11H2,1H3,(H,22,24). The summed E-state index contributed by atoms with van der Waals surface area (Å²) in [6.07, 6.45) is 0. The topological polar surface area (TPSA) is 64.4 Å². The molecule has 0 bridgehead atoms. The summed E-state index contributed by atoms with van der Waals surface area (Å²) in [5.41, 5.74) is 2.35. The van der Waals surface area contributed by atoms with E-state index in [4.69, 9.17) is 9.26 Å². The smallest absolute Gasteiger partial charge is 0.250 e. The minimum absolute atomic E-state index is 0.0838. The minimum Gasteiger partial charge on any atom is -0.365 e. The largest absolute Gasteiger partial charge is 0.365 e. The summed E-state index contributed by atoms with van der Waals surface area (Å²) in [5.74, 6) is -0.573. The Labute approximate surface area is 148 Å². The molecule has 26 heavy (non-hydrogen) atoms. The first kappa shape index (κ1) is 17.8. The maximum absolute atomic E-state index is 13.0. The van der Waals surface area contributed by atoms with E-state index in [0.717, 1.165) is 0 Å². The van der Waals surface area contributed by atoms with Gasteiger partial charge < -0.3 is 14.6 Å². The van der Waals surface area contributed by atoms with Crippen LogP contribution in [0, 0.1) is 18.6 Å². The normalized spacial score (nSPS) is 10.7. The summed E-state index contributed by atoms with van der Waals surface area (Å²) in [5, 5.41) is 6.50. The average Bonchev–Trinajstić information content (AvgIpc) is 3.07. The third-order valence-electron chi connectivity index (χ3n) is 3.63. The SMILES string of the molecule is Cc1cc(F)ccc1NC(=O)COCc1cc(-c2ccc(F)cc2)on1. The van der Waals surface area contributed by atoms with Crippen LogP contribution >= 0.6 is 0 Å². The van der Waals surface area contributed by atoms with Crippen molar-refractivity contribution in [2.24, 2.45) is 0 Å². The van der Waals surface area contributed by atoms with Crippen LogP contribution in [0.1, 0.15) is 11.3 Å². The zero-order chi connectivity index (χ0) is 18.5. The summed E-state index contributed by atoms with van der Waals surface area (Å²) >= 11 is 0. The highest BCUT2D eigenvalue weighted by Gasteiger charge is 2.09. The van der Waals surface area contributed by atoms with Crippen molar-refractivity contribution in [2.75, 3.05) is 11.9 Å². The van der Waals surface area contributed by atoms with Gasteiger partial charge in [0.15, 0.2) is 5.76 Å². The van der Waals surface area contributed by atoms with E-state index < -0.39 is 0 Å². The van der Waals surface area contributed by atoms with Gasteiger partial charge in [0, 0.05) is 17.3 Å². The van der Waals surface area contributed by atoms with Crippen molar-refractivity contribution in [3.05, 3.63) is 71.4 Å². The molecule has 0 aliphatic heterocycles. The number of halogens is 2. The van der Waals surface area contributed by atoms with Crippen LogP contribution in [-0.4, -0.2) is 17.7 Å². The number of aryl methyl sites for hydroxylation is 1. The predicted octanol–water partition coefficient (Wildman–Crippen LogP) is 4.08. The van der Waals surface area contributed by atoms with Crippen LogP contribution in [0.4, 0.5) is 14.5 Å². The zero-order valence-electron chi connectivity index (χ0n) is 14.0. The highest BCUT2D eigenvalue weighted by atomic mass is 19.1. The number of carbonyl (C=O) groups excluding carboxylic acids is 1. The van der Waals surface area contributed by atoms with E-state index in [1.807, 2.05) is 0 Å². The quantitative estimate of drug-likeness (QED) is 0.721. The minimum atomic E-state index is -0.361. The summed E-state index contributed by atoms with van der Waals surface area (Å²) in [7, 11) is 0. The number of nitrogens with one attached hydrogen (secondary N) is 1. The zero-order valence-corrected chi connectivity index (χ0v) is 14.0. The van der Waals surface area contributed by atoms with Gasteiger partial charge in [0.1, 0.15) is 23.9 Å². The van der Waals surface area contributed by atoms with Crippen LogP contribution in [0.25, 0.3) is 11.3 Å². The second kappa shape index (κ2) is 7.88. The highest BCUT2D eigenvalue weighted by Crippen LogP contribution is 2.21. The fraction of sp³-hybridized carbons (Fsp3) is 0.158. The number of carbonyl (C=O) groups is 1. The fourth-order valence-corrected chi connectivity index (χ4v) is 2.33. The molecule has 1 aromatic heterocycles. The van der Waals surface area contributed by atoms with E-state index in [0.29, 0.717) is 28.3 Å². The number of amides is 1. The molecule has 1 heterocycles. The Hall–Kier alpha value is -3.06. The Morgan fingerprint density at radius 2 is 1.85 bits per heavy atom. The lowest BCUT2D eigenvalue weighted by atomic mass is 10.1. The number of nitrogens with zero attached hydrogens (tertiary/aromatic N) is 1. The van der Waals surface area contributed by atoms with E-state index in [2.05, 4.69) is 10.5 Å². The molecule has 0 aliphatic carbocycles. The third kappa shape index (κ3) is 4.52. The molecule has 0 saturated heterocycles. The molecule has 0 fully saturated rings. The van der Waals surface area contributed by atoms with Gasteiger partial charge >= 0.3 is 0 Å². The van der Waals surface area contributed by atoms with Crippen molar-refractivity contribution in [3.8, 4) is 11.3 Å². The number of hydrogen-bond donors (Lipinski definition) is 1. The highest BCUT2D eigenvalue weighted by molar-refractivity contribution is 5.92. The Morgan fingerprint density at radius 1 is 1.12 bits per heavy atom. The van der Waals surface area contributed by atoms with Gasteiger partial charge in [0.2, 0.25) is 5.91 Å². The molecule has 0 aliphatic rings. The van der Waals surface area contributed by atoms with Gasteiger partial charge in [-0.05, 0) is 55.0 Å². The molecular weight excluding hydrogens is 342 g/mol. The van der Waals surface area contributed by atoms with Crippen LogP contribution in [-0.2, 0) is 16.1 Å². The van der Waals surface area contributed by atoms with Gasteiger partial charge in [0.05, 0.1) is 6.61 Å². The van der Waals surface area contributed by atoms with E-state index in [1.165, 1.54) is 30.3 Å². The van der Waals surface area contributed by atoms with Crippen molar-refractivity contribution < 1.29 is 22.8 Å². The Balaban J connectivity index is 1.50.